The topological polar surface area (TPSA) is 26.3 Å². The number of hydrogen-bond donors (Lipinski definition) is 0. The van der Waals surface area contributed by atoms with Crippen LogP contribution in [0.2, 0.25) is 0 Å². The van der Waals surface area contributed by atoms with E-state index < -0.39 is 0 Å². The monoisotopic (exact) mass is 282 g/mol. The van der Waals surface area contributed by atoms with Gasteiger partial charge in [0.15, 0.2) is 0 Å². The SMILES string of the molecule is Cc1cc(Br)cc(C2(C=O)CCOCC2)c1. The van der Waals surface area contributed by atoms with Crippen LogP contribution in [0.1, 0.15) is 24.0 Å². The van der Waals surface area contributed by atoms with Crippen LogP contribution in [0.5, 0.6) is 0 Å². The predicted molar refractivity (Wildman–Crippen MR) is 66.7 cm³/mol. The van der Waals surface area contributed by atoms with Gasteiger partial charge in [0, 0.05) is 17.7 Å². The van der Waals surface area contributed by atoms with Crippen molar-refractivity contribution in [2.24, 2.45) is 0 Å². The van der Waals surface area contributed by atoms with Crippen molar-refractivity contribution in [3.05, 3.63) is 33.8 Å². The highest BCUT2D eigenvalue weighted by atomic mass is 79.9. The number of carbonyl (C=O) groups excluding carboxylic acids is 1. The maximum atomic E-state index is 11.4. The number of benzene rings is 1. The van der Waals surface area contributed by atoms with Gasteiger partial charge in [0.25, 0.3) is 0 Å². The normalized spacial score (nSPS) is 19.4. The second-order valence-electron chi connectivity index (χ2n) is 4.40. The zero-order valence-corrected chi connectivity index (χ0v) is 10.9. The number of hydrogen-bond acceptors (Lipinski definition) is 2. The first-order valence-electron chi connectivity index (χ1n) is 5.48. The summed E-state index contributed by atoms with van der Waals surface area (Å²) >= 11 is 3.49. The Hall–Kier alpha value is -0.670. The summed E-state index contributed by atoms with van der Waals surface area (Å²) in [6.07, 6.45) is 2.66. The first-order valence-corrected chi connectivity index (χ1v) is 6.27. The first kappa shape index (κ1) is 11.8. The summed E-state index contributed by atoms with van der Waals surface area (Å²) in [5, 5.41) is 0. The number of ether oxygens (including phenoxy) is 1. The Morgan fingerprint density at radius 1 is 1.31 bits per heavy atom. The number of aryl methyl sites for hydroxylation is 1. The molecule has 16 heavy (non-hydrogen) atoms. The standard InChI is InChI=1S/C13H15BrO2/c1-10-6-11(8-12(14)7-10)13(9-15)2-4-16-5-3-13/h6-9H,2-5H2,1H3. The molecule has 0 spiro atoms. The van der Waals surface area contributed by atoms with Crippen LogP contribution >= 0.6 is 15.9 Å². The van der Waals surface area contributed by atoms with Crippen molar-refractivity contribution >= 4 is 22.2 Å². The highest BCUT2D eigenvalue weighted by molar-refractivity contribution is 9.10. The Kier molecular flexibility index (Phi) is 3.45. The second kappa shape index (κ2) is 4.68. The molecule has 0 aromatic heterocycles. The third-order valence-electron chi connectivity index (χ3n) is 3.23. The molecule has 0 radical (unpaired) electrons. The third-order valence-corrected chi connectivity index (χ3v) is 3.69. The molecule has 1 fully saturated rings. The summed E-state index contributed by atoms with van der Waals surface area (Å²) in [6.45, 7) is 3.39. The molecular formula is C13H15BrO2. The lowest BCUT2D eigenvalue weighted by atomic mass is 9.75. The zero-order chi connectivity index (χ0) is 11.6. The summed E-state index contributed by atoms with van der Waals surface area (Å²) in [5.41, 5.74) is 1.95. The van der Waals surface area contributed by atoms with Gasteiger partial charge in [0.1, 0.15) is 6.29 Å². The Labute approximate surface area is 104 Å². The molecule has 2 rings (SSSR count). The van der Waals surface area contributed by atoms with Gasteiger partial charge in [-0.25, -0.2) is 0 Å². The van der Waals surface area contributed by atoms with Crippen molar-refractivity contribution in [1.29, 1.82) is 0 Å². The van der Waals surface area contributed by atoms with E-state index in [9.17, 15) is 4.79 Å². The second-order valence-corrected chi connectivity index (χ2v) is 5.32. The average molecular weight is 283 g/mol. The quantitative estimate of drug-likeness (QED) is 0.780. The molecule has 1 heterocycles. The highest BCUT2D eigenvalue weighted by Crippen LogP contribution is 2.34. The Bertz CT molecular complexity index is 375. The van der Waals surface area contributed by atoms with Crippen LogP contribution < -0.4 is 0 Å². The predicted octanol–water partition coefficient (Wildman–Crippen LogP) is 3.00. The van der Waals surface area contributed by atoms with E-state index in [1.54, 1.807) is 0 Å². The minimum Gasteiger partial charge on any atom is -0.381 e. The molecule has 0 saturated carbocycles. The van der Waals surface area contributed by atoms with Crippen LogP contribution in [-0.2, 0) is 14.9 Å². The summed E-state index contributed by atoms with van der Waals surface area (Å²) < 4.78 is 6.38. The van der Waals surface area contributed by atoms with E-state index in [1.807, 2.05) is 13.0 Å². The highest BCUT2D eigenvalue weighted by Gasteiger charge is 2.34. The van der Waals surface area contributed by atoms with Crippen LogP contribution in [0.15, 0.2) is 22.7 Å². The van der Waals surface area contributed by atoms with Gasteiger partial charge in [-0.2, -0.15) is 0 Å². The maximum absolute atomic E-state index is 11.4. The van der Waals surface area contributed by atoms with Crippen LogP contribution in [0.25, 0.3) is 0 Å². The number of carbonyl (C=O) groups is 1. The molecule has 1 aliphatic rings. The molecule has 2 nitrogen and oxygen atoms in total. The number of rotatable bonds is 2. The molecule has 1 aromatic carbocycles. The lowest BCUT2D eigenvalue weighted by molar-refractivity contribution is -0.115. The molecule has 0 N–H and O–H groups in total. The molecule has 1 saturated heterocycles. The summed E-state index contributed by atoms with van der Waals surface area (Å²) in [6, 6.07) is 6.21. The van der Waals surface area contributed by atoms with Gasteiger partial charge in [-0.05, 0) is 43.0 Å². The Morgan fingerprint density at radius 2 is 2.00 bits per heavy atom. The van der Waals surface area contributed by atoms with Gasteiger partial charge in [0.05, 0.1) is 5.41 Å². The van der Waals surface area contributed by atoms with E-state index in [4.69, 9.17) is 4.74 Å². The third kappa shape index (κ3) is 2.20. The molecule has 0 amide bonds. The van der Waals surface area contributed by atoms with Crippen LogP contribution in [0.4, 0.5) is 0 Å². The molecule has 1 aromatic rings. The minimum atomic E-state index is -0.340. The fourth-order valence-corrected chi connectivity index (χ4v) is 2.84. The van der Waals surface area contributed by atoms with Crippen LogP contribution in [-0.4, -0.2) is 19.5 Å². The summed E-state index contributed by atoms with van der Waals surface area (Å²) in [7, 11) is 0. The minimum absolute atomic E-state index is 0.340. The van der Waals surface area contributed by atoms with Gasteiger partial charge >= 0.3 is 0 Å². The van der Waals surface area contributed by atoms with E-state index in [0.29, 0.717) is 13.2 Å². The fraction of sp³-hybridized carbons (Fsp3) is 0.462. The van der Waals surface area contributed by atoms with E-state index in [2.05, 4.69) is 28.1 Å². The van der Waals surface area contributed by atoms with Crippen LogP contribution in [0.3, 0.4) is 0 Å². The van der Waals surface area contributed by atoms with Crippen molar-refractivity contribution in [2.75, 3.05) is 13.2 Å². The molecule has 1 aliphatic heterocycles. The Morgan fingerprint density at radius 3 is 2.56 bits per heavy atom. The van der Waals surface area contributed by atoms with E-state index in [1.165, 1.54) is 5.56 Å². The largest absolute Gasteiger partial charge is 0.381 e. The molecular weight excluding hydrogens is 268 g/mol. The molecule has 0 aliphatic carbocycles. The molecule has 3 heteroatoms. The maximum Gasteiger partial charge on any atom is 0.130 e. The first-order chi connectivity index (χ1) is 7.66. The molecule has 0 bridgehead atoms. The van der Waals surface area contributed by atoms with Crippen molar-refractivity contribution in [1.82, 2.24) is 0 Å². The summed E-state index contributed by atoms with van der Waals surface area (Å²) in [5.74, 6) is 0. The van der Waals surface area contributed by atoms with E-state index in [-0.39, 0.29) is 5.41 Å². The van der Waals surface area contributed by atoms with Gasteiger partial charge < -0.3 is 9.53 Å². The van der Waals surface area contributed by atoms with E-state index >= 15 is 0 Å². The van der Waals surface area contributed by atoms with Gasteiger partial charge in [-0.15, -0.1) is 0 Å². The molecule has 0 unspecified atom stereocenters. The van der Waals surface area contributed by atoms with Gasteiger partial charge in [-0.3, -0.25) is 0 Å². The lowest BCUT2D eigenvalue weighted by Crippen LogP contribution is -2.35. The lowest BCUT2D eigenvalue weighted by Gasteiger charge is -2.32. The van der Waals surface area contributed by atoms with Crippen molar-refractivity contribution < 1.29 is 9.53 Å². The van der Waals surface area contributed by atoms with Crippen molar-refractivity contribution in [3.63, 3.8) is 0 Å². The van der Waals surface area contributed by atoms with Gasteiger partial charge in [-0.1, -0.05) is 22.0 Å². The Balaban J connectivity index is 2.42. The average Bonchev–Trinajstić information content (AvgIpc) is 2.28. The smallest absolute Gasteiger partial charge is 0.130 e. The van der Waals surface area contributed by atoms with Crippen molar-refractivity contribution in [2.45, 2.75) is 25.2 Å². The van der Waals surface area contributed by atoms with Crippen molar-refractivity contribution in [3.8, 4) is 0 Å². The number of halogens is 1. The molecule has 0 atom stereocenters. The summed E-state index contributed by atoms with van der Waals surface area (Å²) in [4.78, 5) is 11.4. The fourth-order valence-electron chi connectivity index (χ4n) is 2.23. The zero-order valence-electron chi connectivity index (χ0n) is 9.33. The van der Waals surface area contributed by atoms with Crippen LogP contribution in [0, 0.1) is 6.92 Å². The van der Waals surface area contributed by atoms with E-state index in [0.717, 1.165) is 29.2 Å². The molecule has 86 valence electrons. The van der Waals surface area contributed by atoms with Gasteiger partial charge in [0.2, 0.25) is 0 Å². The number of aldehydes is 1.